The maximum absolute atomic E-state index is 12.5. The lowest BCUT2D eigenvalue weighted by Crippen LogP contribution is -2.50. The fraction of sp³-hybridized carbons (Fsp3) is 0.722. The third-order valence-electron chi connectivity index (χ3n) is 5.25. The van der Waals surface area contributed by atoms with E-state index in [0.29, 0.717) is 12.5 Å². The van der Waals surface area contributed by atoms with Crippen molar-refractivity contribution in [2.75, 3.05) is 51.2 Å². The Balaban J connectivity index is 1.41. The summed E-state index contributed by atoms with van der Waals surface area (Å²) in [5.41, 5.74) is 0. The lowest BCUT2D eigenvalue weighted by molar-refractivity contribution is -0.131. The van der Waals surface area contributed by atoms with Crippen LogP contribution in [0.5, 0.6) is 0 Å². The quantitative estimate of drug-likeness (QED) is 0.821. The molecule has 1 aromatic rings. The summed E-state index contributed by atoms with van der Waals surface area (Å²) in [6, 6.07) is 1.83. The number of piperazine rings is 1. The third-order valence-corrected chi connectivity index (χ3v) is 5.25. The van der Waals surface area contributed by atoms with Crippen LogP contribution in [0.4, 0.5) is 5.95 Å². The molecule has 6 heteroatoms. The molecule has 0 N–H and O–H groups in total. The highest BCUT2D eigenvalue weighted by Crippen LogP contribution is 2.24. The summed E-state index contributed by atoms with van der Waals surface area (Å²) in [5, 5.41) is 0. The molecule has 0 radical (unpaired) electrons. The molecular weight excluding hydrogens is 302 g/mol. The second-order valence-corrected chi connectivity index (χ2v) is 7.09. The smallest absolute Gasteiger partial charge is 0.236 e. The number of aromatic nitrogens is 2. The number of amides is 1. The van der Waals surface area contributed by atoms with Gasteiger partial charge in [-0.05, 0) is 24.8 Å². The summed E-state index contributed by atoms with van der Waals surface area (Å²) < 4.78 is 0. The number of carbonyl (C=O) groups is 1. The maximum Gasteiger partial charge on any atom is 0.236 e. The minimum absolute atomic E-state index is 0.255. The largest absolute Gasteiger partial charge is 0.344 e. The van der Waals surface area contributed by atoms with E-state index in [1.807, 2.05) is 18.0 Å². The van der Waals surface area contributed by atoms with Crippen molar-refractivity contribution in [3.8, 4) is 0 Å². The minimum atomic E-state index is 0.255. The number of anilines is 1. The van der Waals surface area contributed by atoms with E-state index in [2.05, 4.69) is 19.8 Å². The first-order chi connectivity index (χ1) is 11.7. The third kappa shape index (κ3) is 4.66. The fourth-order valence-corrected chi connectivity index (χ4v) is 3.73. The van der Waals surface area contributed by atoms with Crippen molar-refractivity contribution in [1.82, 2.24) is 19.8 Å². The summed E-state index contributed by atoms with van der Waals surface area (Å²) >= 11 is 0. The zero-order valence-corrected chi connectivity index (χ0v) is 14.7. The van der Waals surface area contributed by atoms with Crippen LogP contribution in [0.1, 0.15) is 32.1 Å². The Labute approximate surface area is 144 Å². The van der Waals surface area contributed by atoms with E-state index >= 15 is 0 Å². The van der Waals surface area contributed by atoms with Crippen molar-refractivity contribution < 1.29 is 4.79 Å². The van der Waals surface area contributed by atoms with Gasteiger partial charge >= 0.3 is 0 Å². The molecule has 1 amide bonds. The standard InChI is InChI=1S/C18H29N5O/c1-21(14-16-6-3-2-4-7-16)17(24)15-22-10-12-23(13-11-22)18-19-8-5-9-20-18/h5,8-9,16H,2-4,6-7,10-15H2,1H3. The Bertz CT molecular complexity index is 509. The average Bonchev–Trinajstić information content (AvgIpc) is 2.64. The first-order valence-corrected chi connectivity index (χ1v) is 9.20. The van der Waals surface area contributed by atoms with Crippen molar-refractivity contribution in [2.45, 2.75) is 32.1 Å². The van der Waals surface area contributed by atoms with E-state index in [4.69, 9.17) is 0 Å². The molecule has 2 heterocycles. The van der Waals surface area contributed by atoms with Gasteiger partial charge in [-0.1, -0.05) is 19.3 Å². The fourth-order valence-electron chi connectivity index (χ4n) is 3.73. The Kier molecular flexibility index (Phi) is 6.01. The Hall–Kier alpha value is -1.69. The number of carbonyl (C=O) groups excluding carboxylic acids is 1. The zero-order valence-electron chi connectivity index (χ0n) is 14.7. The summed E-state index contributed by atoms with van der Waals surface area (Å²) in [5.74, 6) is 1.75. The summed E-state index contributed by atoms with van der Waals surface area (Å²) in [7, 11) is 1.96. The van der Waals surface area contributed by atoms with Crippen molar-refractivity contribution >= 4 is 11.9 Å². The molecular formula is C18H29N5O. The van der Waals surface area contributed by atoms with Crippen LogP contribution < -0.4 is 4.90 Å². The van der Waals surface area contributed by atoms with Crippen LogP contribution in [-0.4, -0.2) is 72.0 Å². The highest BCUT2D eigenvalue weighted by atomic mass is 16.2. The van der Waals surface area contributed by atoms with Gasteiger partial charge in [-0.25, -0.2) is 9.97 Å². The van der Waals surface area contributed by atoms with Gasteiger partial charge in [-0.15, -0.1) is 0 Å². The number of rotatable bonds is 5. The molecule has 1 aliphatic heterocycles. The zero-order chi connectivity index (χ0) is 16.8. The van der Waals surface area contributed by atoms with Crippen LogP contribution in [0.15, 0.2) is 18.5 Å². The lowest BCUT2D eigenvalue weighted by atomic mass is 9.89. The predicted octanol–water partition coefficient (Wildman–Crippen LogP) is 1.64. The average molecular weight is 331 g/mol. The summed E-state index contributed by atoms with van der Waals surface area (Å²) in [4.78, 5) is 27.5. The topological polar surface area (TPSA) is 52.6 Å². The second kappa shape index (κ2) is 8.42. The van der Waals surface area contributed by atoms with E-state index in [-0.39, 0.29) is 5.91 Å². The van der Waals surface area contributed by atoms with E-state index in [9.17, 15) is 4.79 Å². The molecule has 3 rings (SSSR count). The highest BCUT2D eigenvalue weighted by molar-refractivity contribution is 5.78. The SMILES string of the molecule is CN(CC1CCCCC1)C(=O)CN1CCN(c2ncccn2)CC1. The van der Waals surface area contributed by atoms with E-state index in [1.165, 1.54) is 32.1 Å². The van der Waals surface area contributed by atoms with E-state index in [1.54, 1.807) is 12.4 Å². The van der Waals surface area contributed by atoms with Gasteiger partial charge in [0.15, 0.2) is 0 Å². The van der Waals surface area contributed by atoms with Crippen molar-refractivity contribution in [3.05, 3.63) is 18.5 Å². The van der Waals surface area contributed by atoms with Gasteiger partial charge in [0, 0.05) is 52.2 Å². The summed E-state index contributed by atoms with van der Waals surface area (Å²) in [6.45, 7) is 5.00. The predicted molar refractivity (Wildman–Crippen MR) is 94.9 cm³/mol. The number of likely N-dealkylation sites (N-methyl/N-ethyl adjacent to an activating group) is 1. The molecule has 2 fully saturated rings. The highest BCUT2D eigenvalue weighted by Gasteiger charge is 2.23. The first kappa shape index (κ1) is 17.1. The molecule has 0 spiro atoms. The molecule has 0 unspecified atom stereocenters. The van der Waals surface area contributed by atoms with Gasteiger partial charge in [0.25, 0.3) is 0 Å². The van der Waals surface area contributed by atoms with Gasteiger partial charge < -0.3 is 9.80 Å². The minimum Gasteiger partial charge on any atom is -0.344 e. The van der Waals surface area contributed by atoms with Gasteiger partial charge in [0.1, 0.15) is 0 Å². The molecule has 1 aliphatic carbocycles. The Morgan fingerprint density at radius 3 is 2.46 bits per heavy atom. The molecule has 24 heavy (non-hydrogen) atoms. The molecule has 1 saturated heterocycles. The van der Waals surface area contributed by atoms with Gasteiger partial charge in [-0.3, -0.25) is 9.69 Å². The van der Waals surface area contributed by atoms with Crippen LogP contribution in [0.2, 0.25) is 0 Å². The van der Waals surface area contributed by atoms with Gasteiger partial charge in [0.05, 0.1) is 6.54 Å². The van der Waals surface area contributed by atoms with Crippen LogP contribution in [0, 0.1) is 5.92 Å². The van der Waals surface area contributed by atoms with Crippen molar-refractivity contribution in [1.29, 1.82) is 0 Å². The second-order valence-electron chi connectivity index (χ2n) is 7.09. The summed E-state index contributed by atoms with van der Waals surface area (Å²) in [6.07, 6.45) is 10.1. The van der Waals surface area contributed by atoms with E-state index in [0.717, 1.165) is 38.7 Å². The Morgan fingerprint density at radius 1 is 1.12 bits per heavy atom. The molecule has 6 nitrogen and oxygen atoms in total. The molecule has 2 aliphatic rings. The maximum atomic E-state index is 12.5. The van der Waals surface area contributed by atoms with Crippen LogP contribution in [0.25, 0.3) is 0 Å². The van der Waals surface area contributed by atoms with Gasteiger partial charge in [0.2, 0.25) is 11.9 Å². The van der Waals surface area contributed by atoms with Crippen molar-refractivity contribution in [2.24, 2.45) is 5.92 Å². The number of nitrogens with zero attached hydrogens (tertiary/aromatic N) is 5. The Morgan fingerprint density at radius 2 is 1.79 bits per heavy atom. The first-order valence-electron chi connectivity index (χ1n) is 9.20. The lowest BCUT2D eigenvalue weighted by Gasteiger charge is -2.35. The normalized spacial score (nSPS) is 20.1. The monoisotopic (exact) mass is 331 g/mol. The van der Waals surface area contributed by atoms with E-state index < -0.39 is 0 Å². The molecule has 1 aromatic heterocycles. The van der Waals surface area contributed by atoms with Gasteiger partial charge in [-0.2, -0.15) is 0 Å². The molecule has 0 atom stereocenters. The number of hydrogen-bond donors (Lipinski definition) is 0. The molecule has 0 aromatic carbocycles. The van der Waals surface area contributed by atoms with Crippen LogP contribution >= 0.6 is 0 Å². The molecule has 1 saturated carbocycles. The van der Waals surface area contributed by atoms with Crippen LogP contribution in [-0.2, 0) is 4.79 Å². The number of hydrogen-bond acceptors (Lipinski definition) is 5. The van der Waals surface area contributed by atoms with Crippen molar-refractivity contribution in [3.63, 3.8) is 0 Å². The molecule has 132 valence electrons. The van der Waals surface area contributed by atoms with Crippen LogP contribution in [0.3, 0.4) is 0 Å². The molecule has 0 bridgehead atoms.